The Balaban J connectivity index is 2.95. The molecule has 0 radical (unpaired) electrons. The van der Waals surface area contributed by atoms with Crippen LogP contribution in [0.25, 0.3) is 0 Å². The molecule has 23 heavy (non-hydrogen) atoms. The quantitative estimate of drug-likeness (QED) is 0.317. The number of nitriles is 1. The standard InChI is InChI=1S/C19H29NO3/c1-4-5-6-8-15-11-16(13-19(2,3)12-15)17(14-20)18(22)23-10-7-9-21/h11,21H,4-10,12-13H2,1-3H3/b17-16+. The van der Waals surface area contributed by atoms with Crippen LogP contribution in [-0.4, -0.2) is 24.3 Å². The van der Waals surface area contributed by atoms with E-state index in [4.69, 9.17) is 9.84 Å². The first kappa shape index (κ1) is 19.4. The average molecular weight is 319 g/mol. The van der Waals surface area contributed by atoms with Crippen LogP contribution >= 0.6 is 0 Å². The van der Waals surface area contributed by atoms with Gasteiger partial charge >= 0.3 is 5.97 Å². The van der Waals surface area contributed by atoms with Crippen LogP contribution < -0.4 is 0 Å². The second-order valence-corrected chi connectivity index (χ2v) is 7.00. The SMILES string of the molecule is CCCCCC1=C/C(=C(/C#N)C(=O)OCCCO)CC(C)(C)C1. The number of esters is 1. The van der Waals surface area contributed by atoms with Crippen molar-refractivity contribution in [1.82, 2.24) is 0 Å². The zero-order chi connectivity index (χ0) is 17.3. The molecule has 0 saturated heterocycles. The molecule has 4 nitrogen and oxygen atoms in total. The van der Waals surface area contributed by atoms with Crippen LogP contribution in [0.1, 0.15) is 65.7 Å². The van der Waals surface area contributed by atoms with E-state index in [1.807, 2.05) is 12.1 Å². The van der Waals surface area contributed by atoms with Crippen LogP contribution in [0.3, 0.4) is 0 Å². The number of hydrogen-bond donors (Lipinski definition) is 1. The predicted octanol–water partition coefficient (Wildman–Crippen LogP) is 4.06. The first-order chi connectivity index (χ1) is 10.9. The molecule has 0 bridgehead atoms. The fourth-order valence-corrected chi connectivity index (χ4v) is 3.01. The third kappa shape index (κ3) is 6.58. The minimum Gasteiger partial charge on any atom is -0.461 e. The normalized spacial score (nSPS) is 18.8. The van der Waals surface area contributed by atoms with Crippen molar-refractivity contribution >= 4 is 5.97 Å². The molecular formula is C19H29NO3. The highest BCUT2D eigenvalue weighted by atomic mass is 16.5. The summed E-state index contributed by atoms with van der Waals surface area (Å²) in [4.78, 5) is 12.1. The molecule has 1 N–H and O–H groups in total. The van der Waals surface area contributed by atoms with Crippen molar-refractivity contribution in [3.05, 3.63) is 22.8 Å². The zero-order valence-electron chi connectivity index (χ0n) is 14.7. The van der Waals surface area contributed by atoms with Crippen LogP contribution in [0.5, 0.6) is 0 Å². The number of allylic oxidation sites excluding steroid dienone is 3. The van der Waals surface area contributed by atoms with Gasteiger partial charge in [-0.15, -0.1) is 0 Å². The van der Waals surface area contributed by atoms with E-state index in [0.29, 0.717) is 12.8 Å². The Morgan fingerprint density at radius 1 is 1.35 bits per heavy atom. The molecule has 1 aliphatic carbocycles. The Labute approximate surface area is 139 Å². The highest BCUT2D eigenvalue weighted by Gasteiger charge is 2.28. The summed E-state index contributed by atoms with van der Waals surface area (Å²) in [5, 5.41) is 18.1. The van der Waals surface area contributed by atoms with Crippen molar-refractivity contribution in [3.63, 3.8) is 0 Å². The Morgan fingerprint density at radius 3 is 2.70 bits per heavy atom. The van der Waals surface area contributed by atoms with Crippen molar-refractivity contribution in [2.75, 3.05) is 13.2 Å². The molecule has 0 heterocycles. The number of unbranched alkanes of at least 4 members (excludes halogenated alkanes) is 2. The predicted molar refractivity (Wildman–Crippen MR) is 90.5 cm³/mol. The number of ether oxygens (including phenoxy) is 1. The number of aliphatic hydroxyl groups excluding tert-OH is 1. The molecule has 0 aromatic rings. The van der Waals surface area contributed by atoms with Gasteiger partial charge in [-0.2, -0.15) is 5.26 Å². The molecular weight excluding hydrogens is 290 g/mol. The second-order valence-electron chi connectivity index (χ2n) is 7.00. The summed E-state index contributed by atoms with van der Waals surface area (Å²) < 4.78 is 5.08. The molecule has 0 unspecified atom stereocenters. The number of nitrogens with zero attached hydrogens (tertiary/aromatic N) is 1. The van der Waals surface area contributed by atoms with Crippen molar-refractivity contribution in [1.29, 1.82) is 5.26 Å². The van der Waals surface area contributed by atoms with Crippen molar-refractivity contribution < 1.29 is 14.6 Å². The molecule has 0 fully saturated rings. The first-order valence-electron chi connectivity index (χ1n) is 8.54. The van der Waals surface area contributed by atoms with Gasteiger partial charge in [0.15, 0.2) is 0 Å². The van der Waals surface area contributed by atoms with Gasteiger partial charge in [-0.1, -0.05) is 45.3 Å². The van der Waals surface area contributed by atoms with Crippen molar-refractivity contribution in [2.24, 2.45) is 5.41 Å². The topological polar surface area (TPSA) is 70.3 Å². The van der Waals surface area contributed by atoms with Gasteiger partial charge in [0.25, 0.3) is 0 Å². The molecule has 0 amide bonds. The fraction of sp³-hybridized carbons (Fsp3) is 0.684. The average Bonchev–Trinajstić information content (AvgIpc) is 2.47. The highest BCUT2D eigenvalue weighted by Crippen LogP contribution is 2.40. The van der Waals surface area contributed by atoms with E-state index in [9.17, 15) is 10.1 Å². The lowest BCUT2D eigenvalue weighted by molar-refractivity contribution is -0.138. The molecule has 0 saturated carbocycles. The summed E-state index contributed by atoms with van der Waals surface area (Å²) >= 11 is 0. The largest absolute Gasteiger partial charge is 0.461 e. The van der Waals surface area contributed by atoms with Crippen LogP contribution in [0.2, 0.25) is 0 Å². The highest BCUT2D eigenvalue weighted by molar-refractivity contribution is 5.94. The summed E-state index contributed by atoms with van der Waals surface area (Å²) in [6.07, 6.45) is 8.70. The van der Waals surface area contributed by atoms with Crippen molar-refractivity contribution in [3.8, 4) is 6.07 Å². The Hall–Kier alpha value is -1.60. The van der Waals surface area contributed by atoms with Gasteiger partial charge in [-0.3, -0.25) is 0 Å². The Morgan fingerprint density at radius 2 is 2.09 bits per heavy atom. The fourth-order valence-electron chi connectivity index (χ4n) is 3.01. The molecule has 0 aliphatic heterocycles. The molecule has 1 rings (SSSR count). The minimum atomic E-state index is -0.571. The summed E-state index contributed by atoms with van der Waals surface area (Å²) in [5.74, 6) is -0.571. The van der Waals surface area contributed by atoms with Gasteiger partial charge in [0.1, 0.15) is 11.6 Å². The molecule has 0 atom stereocenters. The monoisotopic (exact) mass is 319 g/mol. The van der Waals surface area contributed by atoms with E-state index in [1.165, 1.54) is 18.4 Å². The summed E-state index contributed by atoms with van der Waals surface area (Å²) in [6, 6.07) is 2.02. The third-order valence-electron chi connectivity index (χ3n) is 4.03. The van der Waals surface area contributed by atoms with Gasteiger partial charge in [0, 0.05) is 13.0 Å². The molecule has 4 heteroatoms. The van der Waals surface area contributed by atoms with E-state index in [-0.39, 0.29) is 24.2 Å². The van der Waals surface area contributed by atoms with Crippen LogP contribution in [0, 0.1) is 16.7 Å². The number of carbonyl (C=O) groups excluding carboxylic acids is 1. The van der Waals surface area contributed by atoms with E-state index in [1.54, 1.807) is 0 Å². The number of rotatable bonds is 8. The van der Waals surface area contributed by atoms with E-state index in [2.05, 4.69) is 20.8 Å². The lowest BCUT2D eigenvalue weighted by atomic mass is 9.73. The van der Waals surface area contributed by atoms with Crippen LogP contribution in [0.15, 0.2) is 22.8 Å². The lowest BCUT2D eigenvalue weighted by Crippen LogP contribution is -2.20. The first-order valence-corrected chi connectivity index (χ1v) is 8.54. The number of carbonyl (C=O) groups is 1. The van der Waals surface area contributed by atoms with Crippen LogP contribution in [-0.2, 0) is 9.53 Å². The van der Waals surface area contributed by atoms with Gasteiger partial charge in [-0.25, -0.2) is 4.79 Å². The third-order valence-corrected chi connectivity index (χ3v) is 4.03. The summed E-state index contributed by atoms with van der Waals surface area (Å²) in [7, 11) is 0. The number of aliphatic hydroxyl groups is 1. The molecule has 128 valence electrons. The van der Waals surface area contributed by atoms with Gasteiger partial charge < -0.3 is 9.84 Å². The molecule has 0 aromatic heterocycles. The number of hydrogen-bond acceptors (Lipinski definition) is 4. The van der Waals surface area contributed by atoms with Crippen LogP contribution in [0.4, 0.5) is 0 Å². The summed E-state index contributed by atoms with van der Waals surface area (Å²) in [6.45, 7) is 6.64. The maximum Gasteiger partial charge on any atom is 0.349 e. The molecule has 0 aromatic carbocycles. The maximum absolute atomic E-state index is 12.1. The Bertz CT molecular complexity index is 509. The van der Waals surface area contributed by atoms with E-state index >= 15 is 0 Å². The van der Waals surface area contributed by atoms with Gasteiger partial charge in [-0.05, 0) is 36.7 Å². The van der Waals surface area contributed by atoms with Crippen molar-refractivity contribution in [2.45, 2.75) is 65.7 Å². The maximum atomic E-state index is 12.1. The minimum absolute atomic E-state index is 0.0275. The Kier molecular flexibility index (Phi) is 8.05. The van der Waals surface area contributed by atoms with E-state index < -0.39 is 5.97 Å². The van der Waals surface area contributed by atoms with E-state index in [0.717, 1.165) is 24.8 Å². The lowest BCUT2D eigenvalue weighted by Gasteiger charge is -2.32. The molecule has 0 spiro atoms. The van der Waals surface area contributed by atoms with Gasteiger partial charge in [0.2, 0.25) is 0 Å². The smallest absolute Gasteiger partial charge is 0.349 e. The molecule has 1 aliphatic rings. The second kappa shape index (κ2) is 9.52. The zero-order valence-corrected chi connectivity index (χ0v) is 14.7. The summed E-state index contributed by atoms with van der Waals surface area (Å²) in [5.41, 5.74) is 2.28. The van der Waals surface area contributed by atoms with Gasteiger partial charge in [0.05, 0.1) is 6.61 Å².